The quantitative estimate of drug-likeness (QED) is 0.271. The minimum absolute atomic E-state index is 0.165. The van der Waals surface area contributed by atoms with Gasteiger partial charge in [0.25, 0.3) is 0 Å². The lowest BCUT2D eigenvalue weighted by atomic mass is 10.0. The molecule has 0 radical (unpaired) electrons. The Morgan fingerprint density at radius 3 is 2.69 bits per heavy atom. The molecule has 2 aromatic heterocycles. The molecule has 0 spiro atoms. The van der Waals surface area contributed by atoms with Gasteiger partial charge in [-0.2, -0.15) is 5.10 Å². The maximum Gasteiger partial charge on any atom is 0.213 e. The van der Waals surface area contributed by atoms with Crippen molar-refractivity contribution in [3.05, 3.63) is 90.3 Å². The fraction of sp³-hybridized carbons (Fsp3) is 0.115. The Balaban J connectivity index is 1.44. The molecular formula is C26H22N4O2. The van der Waals surface area contributed by atoms with E-state index in [1.807, 2.05) is 55.5 Å². The van der Waals surface area contributed by atoms with Crippen molar-refractivity contribution in [2.45, 2.75) is 13.5 Å². The van der Waals surface area contributed by atoms with E-state index in [4.69, 9.17) is 14.9 Å². The zero-order valence-corrected chi connectivity index (χ0v) is 17.6. The third-order valence-electron chi connectivity index (χ3n) is 5.31. The standard InChI is InChI=1S/C26H22N4O2/c1-2-31-26(27)20-9-11-24-23(15-20)25(30-29-24)19-7-6-18-14-22(10-8-17(18)13-19)32-16-21-5-3-4-12-28-21/h3-15,27H,2,16H2,1H3,(H,29,30). The van der Waals surface area contributed by atoms with E-state index in [9.17, 15) is 0 Å². The van der Waals surface area contributed by atoms with Crippen LogP contribution in [0.25, 0.3) is 32.9 Å². The number of hydrogen-bond donors (Lipinski definition) is 2. The monoisotopic (exact) mass is 422 g/mol. The summed E-state index contributed by atoms with van der Waals surface area (Å²) in [5, 5.41) is 18.8. The van der Waals surface area contributed by atoms with Crippen molar-refractivity contribution in [1.82, 2.24) is 15.2 Å². The van der Waals surface area contributed by atoms with Gasteiger partial charge >= 0.3 is 0 Å². The van der Waals surface area contributed by atoms with E-state index in [2.05, 4.69) is 39.4 Å². The Kier molecular flexibility index (Phi) is 5.25. The van der Waals surface area contributed by atoms with Crippen LogP contribution in [0.3, 0.4) is 0 Å². The summed E-state index contributed by atoms with van der Waals surface area (Å²) in [6.07, 6.45) is 1.77. The molecule has 2 N–H and O–H groups in total. The van der Waals surface area contributed by atoms with Crippen LogP contribution >= 0.6 is 0 Å². The highest BCUT2D eigenvalue weighted by molar-refractivity contribution is 6.01. The molecule has 5 aromatic rings. The van der Waals surface area contributed by atoms with E-state index < -0.39 is 0 Å². The zero-order chi connectivity index (χ0) is 21.9. The fourth-order valence-corrected chi connectivity index (χ4v) is 3.70. The highest BCUT2D eigenvalue weighted by Crippen LogP contribution is 2.31. The van der Waals surface area contributed by atoms with Gasteiger partial charge in [-0.05, 0) is 66.2 Å². The summed E-state index contributed by atoms with van der Waals surface area (Å²) in [7, 11) is 0. The first-order valence-corrected chi connectivity index (χ1v) is 10.5. The summed E-state index contributed by atoms with van der Waals surface area (Å²) in [6.45, 7) is 2.77. The van der Waals surface area contributed by atoms with Crippen molar-refractivity contribution in [1.29, 1.82) is 5.41 Å². The summed E-state index contributed by atoms with van der Waals surface area (Å²) in [6, 6.07) is 23.9. The van der Waals surface area contributed by atoms with Crippen LogP contribution in [0.15, 0.2) is 79.0 Å². The number of rotatable bonds is 6. The van der Waals surface area contributed by atoms with Crippen LogP contribution in [0.2, 0.25) is 0 Å². The van der Waals surface area contributed by atoms with Crippen LogP contribution in [0.1, 0.15) is 18.2 Å². The van der Waals surface area contributed by atoms with Crippen molar-refractivity contribution in [2.24, 2.45) is 0 Å². The number of ether oxygens (including phenoxy) is 2. The maximum atomic E-state index is 8.08. The first-order chi connectivity index (χ1) is 15.7. The molecule has 32 heavy (non-hydrogen) atoms. The number of pyridine rings is 1. The Labute approximate surface area is 185 Å². The smallest absolute Gasteiger partial charge is 0.213 e. The summed E-state index contributed by atoms with van der Waals surface area (Å²) in [5.74, 6) is 0.971. The Bertz CT molecular complexity index is 1410. The second kappa shape index (κ2) is 8.51. The van der Waals surface area contributed by atoms with E-state index in [1.165, 1.54) is 0 Å². The lowest BCUT2D eigenvalue weighted by molar-refractivity contribution is 0.302. The predicted octanol–water partition coefficient (Wildman–Crippen LogP) is 5.72. The maximum absolute atomic E-state index is 8.08. The number of H-pyrrole nitrogens is 1. The van der Waals surface area contributed by atoms with Gasteiger partial charge in [0.2, 0.25) is 5.90 Å². The summed E-state index contributed by atoms with van der Waals surface area (Å²) < 4.78 is 11.3. The van der Waals surface area contributed by atoms with Gasteiger partial charge < -0.3 is 9.47 Å². The third-order valence-corrected chi connectivity index (χ3v) is 5.31. The molecule has 0 aliphatic rings. The van der Waals surface area contributed by atoms with Gasteiger partial charge in [0.15, 0.2) is 0 Å². The molecule has 0 atom stereocenters. The van der Waals surface area contributed by atoms with E-state index in [0.717, 1.165) is 49.9 Å². The number of hydrogen-bond acceptors (Lipinski definition) is 5. The second-order valence-electron chi connectivity index (χ2n) is 7.43. The van der Waals surface area contributed by atoms with Crippen LogP contribution in [0.5, 0.6) is 5.75 Å². The van der Waals surface area contributed by atoms with Crippen LogP contribution in [0.4, 0.5) is 0 Å². The van der Waals surface area contributed by atoms with Gasteiger partial charge in [0, 0.05) is 22.7 Å². The number of benzene rings is 3. The first-order valence-electron chi connectivity index (χ1n) is 10.5. The van der Waals surface area contributed by atoms with Gasteiger partial charge in [0.1, 0.15) is 12.4 Å². The Hall–Kier alpha value is -4.19. The molecule has 0 saturated carbocycles. The third kappa shape index (κ3) is 3.90. The average Bonchev–Trinajstić information content (AvgIpc) is 3.26. The normalized spacial score (nSPS) is 11.0. The zero-order valence-electron chi connectivity index (χ0n) is 17.6. The van der Waals surface area contributed by atoms with Gasteiger partial charge in [-0.25, -0.2) is 0 Å². The molecule has 0 bridgehead atoms. The number of nitrogens with one attached hydrogen (secondary N) is 2. The minimum atomic E-state index is 0.165. The van der Waals surface area contributed by atoms with Gasteiger partial charge in [-0.3, -0.25) is 15.5 Å². The predicted molar refractivity (Wildman–Crippen MR) is 126 cm³/mol. The van der Waals surface area contributed by atoms with Gasteiger partial charge in [0.05, 0.1) is 23.5 Å². The number of aromatic amines is 1. The molecule has 0 saturated heterocycles. The van der Waals surface area contributed by atoms with Crippen molar-refractivity contribution in [3.63, 3.8) is 0 Å². The number of aromatic nitrogens is 3. The van der Waals surface area contributed by atoms with E-state index in [0.29, 0.717) is 13.2 Å². The molecule has 0 fully saturated rings. The lowest BCUT2D eigenvalue weighted by Gasteiger charge is -2.08. The molecule has 6 nitrogen and oxygen atoms in total. The molecule has 0 unspecified atom stereocenters. The van der Waals surface area contributed by atoms with E-state index in [1.54, 1.807) is 6.20 Å². The van der Waals surface area contributed by atoms with Gasteiger partial charge in [-0.15, -0.1) is 0 Å². The van der Waals surface area contributed by atoms with Crippen molar-refractivity contribution >= 4 is 27.6 Å². The van der Waals surface area contributed by atoms with Crippen LogP contribution in [-0.4, -0.2) is 27.7 Å². The van der Waals surface area contributed by atoms with E-state index in [-0.39, 0.29) is 5.90 Å². The number of fused-ring (bicyclic) bond motifs is 2. The SMILES string of the molecule is CCOC(=N)c1ccc2[nH]nc(-c3ccc4cc(OCc5ccccn5)ccc4c3)c2c1. The largest absolute Gasteiger partial charge is 0.487 e. The van der Waals surface area contributed by atoms with Crippen molar-refractivity contribution < 1.29 is 9.47 Å². The number of nitrogens with zero attached hydrogens (tertiary/aromatic N) is 2. The lowest BCUT2D eigenvalue weighted by Crippen LogP contribution is -2.04. The average molecular weight is 422 g/mol. The highest BCUT2D eigenvalue weighted by Gasteiger charge is 2.12. The molecule has 6 heteroatoms. The van der Waals surface area contributed by atoms with Crippen molar-refractivity contribution in [3.8, 4) is 17.0 Å². The summed E-state index contributed by atoms with van der Waals surface area (Å²) in [5.41, 5.74) is 4.41. The van der Waals surface area contributed by atoms with Crippen LogP contribution in [0, 0.1) is 5.41 Å². The Morgan fingerprint density at radius 1 is 0.969 bits per heavy atom. The topological polar surface area (TPSA) is 83.9 Å². The van der Waals surface area contributed by atoms with Crippen LogP contribution < -0.4 is 4.74 Å². The molecular weight excluding hydrogens is 400 g/mol. The fourth-order valence-electron chi connectivity index (χ4n) is 3.70. The minimum Gasteiger partial charge on any atom is -0.487 e. The van der Waals surface area contributed by atoms with Gasteiger partial charge in [-0.1, -0.05) is 24.3 Å². The molecule has 0 aliphatic heterocycles. The Morgan fingerprint density at radius 2 is 1.84 bits per heavy atom. The van der Waals surface area contributed by atoms with Crippen molar-refractivity contribution in [2.75, 3.05) is 6.61 Å². The summed E-state index contributed by atoms with van der Waals surface area (Å²) in [4.78, 5) is 4.29. The highest BCUT2D eigenvalue weighted by atomic mass is 16.5. The molecule has 0 amide bonds. The molecule has 0 aliphatic carbocycles. The van der Waals surface area contributed by atoms with Crippen LogP contribution in [-0.2, 0) is 11.3 Å². The molecule has 5 rings (SSSR count). The molecule has 3 aromatic carbocycles. The molecule has 158 valence electrons. The summed E-state index contributed by atoms with van der Waals surface area (Å²) >= 11 is 0. The molecule has 2 heterocycles. The van der Waals surface area contributed by atoms with E-state index >= 15 is 0 Å². The second-order valence-corrected chi connectivity index (χ2v) is 7.43. The first kappa shape index (κ1) is 19.8.